The maximum atomic E-state index is 12.8. The van der Waals surface area contributed by atoms with Gasteiger partial charge in [0.15, 0.2) is 0 Å². The number of imidazole rings is 1. The second-order valence-electron chi connectivity index (χ2n) is 6.17. The van der Waals surface area contributed by atoms with Crippen LogP contribution in [0.2, 0.25) is 0 Å². The lowest BCUT2D eigenvalue weighted by molar-refractivity contribution is -0.123. The quantitative estimate of drug-likeness (QED) is 0.933. The number of ether oxygens (including phenoxy) is 2. The summed E-state index contributed by atoms with van der Waals surface area (Å²) in [4.78, 5) is 17.2. The number of nitrogens with one attached hydrogen (secondary N) is 1. The Labute approximate surface area is 140 Å². The topological polar surface area (TPSA) is 65.4 Å². The molecule has 6 nitrogen and oxygen atoms in total. The van der Waals surface area contributed by atoms with Gasteiger partial charge in [-0.2, -0.15) is 0 Å². The highest BCUT2D eigenvalue weighted by Crippen LogP contribution is 2.35. The van der Waals surface area contributed by atoms with Gasteiger partial charge in [-0.15, -0.1) is 0 Å². The van der Waals surface area contributed by atoms with E-state index in [-0.39, 0.29) is 24.0 Å². The van der Waals surface area contributed by atoms with Crippen LogP contribution in [0.25, 0.3) is 0 Å². The van der Waals surface area contributed by atoms with Crippen molar-refractivity contribution in [3.63, 3.8) is 0 Å². The molecule has 3 atom stereocenters. The van der Waals surface area contributed by atoms with Crippen molar-refractivity contribution < 1.29 is 14.3 Å². The van der Waals surface area contributed by atoms with Crippen LogP contribution in [0, 0.1) is 0 Å². The first kappa shape index (κ1) is 15.2. The standard InChI is InChI=1S/C18H21N3O3/c1-2-21-9-8-19-17(21)16-14(7-10-23-16)20-18(22)13-11-24-15-6-4-3-5-12(13)15/h3-6,8-9,13-14,16H,2,7,10-11H2,1H3,(H,20,22)/t13?,14-,16-/m0/s1. The zero-order valence-electron chi connectivity index (χ0n) is 13.6. The number of carbonyl (C=O) groups is 1. The van der Waals surface area contributed by atoms with Gasteiger partial charge in [-0.3, -0.25) is 4.79 Å². The summed E-state index contributed by atoms with van der Waals surface area (Å²) in [6, 6.07) is 7.66. The normalized spacial score (nSPS) is 25.3. The van der Waals surface area contributed by atoms with E-state index >= 15 is 0 Å². The molecule has 0 bridgehead atoms. The molecule has 1 N–H and O–H groups in total. The van der Waals surface area contributed by atoms with Crippen LogP contribution in [-0.2, 0) is 16.1 Å². The number of amides is 1. The molecule has 0 radical (unpaired) electrons. The molecule has 4 rings (SSSR count). The molecular weight excluding hydrogens is 306 g/mol. The van der Waals surface area contributed by atoms with Crippen LogP contribution in [0.4, 0.5) is 0 Å². The van der Waals surface area contributed by atoms with E-state index in [0.29, 0.717) is 13.2 Å². The molecule has 1 saturated heterocycles. The van der Waals surface area contributed by atoms with E-state index in [4.69, 9.17) is 9.47 Å². The molecule has 126 valence electrons. The fourth-order valence-corrected chi connectivity index (χ4v) is 3.50. The maximum Gasteiger partial charge on any atom is 0.231 e. The highest BCUT2D eigenvalue weighted by Gasteiger charge is 2.37. The fourth-order valence-electron chi connectivity index (χ4n) is 3.50. The molecule has 1 fully saturated rings. The Bertz CT molecular complexity index is 743. The number of carbonyl (C=O) groups excluding carboxylic acids is 1. The third-order valence-corrected chi connectivity index (χ3v) is 4.78. The van der Waals surface area contributed by atoms with Crippen molar-refractivity contribution in [1.29, 1.82) is 0 Å². The van der Waals surface area contributed by atoms with E-state index in [9.17, 15) is 4.79 Å². The minimum absolute atomic E-state index is 0.00458. The zero-order valence-corrected chi connectivity index (χ0v) is 13.6. The molecule has 6 heteroatoms. The van der Waals surface area contributed by atoms with E-state index in [1.165, 1.54) is 0 Å². The van der Waals surface area contributed by atoms with Crippen molar-refractivity contribution >= 4 is 5.91 Å². The minimum atomic E-state index is -0.256. The van der Waals surface area contributed by atoms with Gasteiger partial charge < -0.3 is 19.4 Å². The van der Waals surface area contributed by atoms with Crippen LogP contribution in [0.5, 0.6) is 5.75 Å². The molecule has 2 aliphatic rings. The number of nitrogens with zero attached hydrogens (tertiary/aromatic N) is 2. The lowest BCUT2D eigenvalue weighted by Gasteiger charge is -2.21. The average molecular weight is 327 g/mol. The third-order valence-electron chi connectivity index (χ3n) is 4.78. The number of rotatable bonds is 4. The summed E-state index contributed by atoms with van der Waals surface area (Å²) in [5.41, 5.74) is 0.959. The average Bonchev–Trinajstić information content (AvgIpc) is 3.32. The van der Waals surface area contributed by atoms with Crippen molar-refractivity contribution in [1.82, 2.24) is 14.9 Å². The molecule has 1 aromatic carbocycles. The molecule has 1 amide bonds. The number of benzene rings is 1. The largest absolute Gasteiger partial charge is 0.492 e. The van der Waals surface area contributed by atoms with E-state index < -0.39 is 0 Å². The Morgan fingerprint density at radius 1 is 1.42 bits per heavy atom. The Kier molecular flexibility index (Phi) is 3.98. The summed E-state index contributed by atoms with van der Waals surface area (Å²) in [5, 5.41) is 3.15. The predicted molar refractivity (Wildman–Crippen MR) is 87.8 cm³/mol. The monoisotopic (exact) mass is 327 g/mol. The molecule has 0 saturated carbocycles. The second kappa shape index (κ2) is 6.28. The van der Waals surface area contributed by atoms with Crippen LogP contribution < -0.4 is 10.1 Å². The Balaban J connectivity index is 1.50. The SMILES string of the molecule is CCn1ccnc1[C@H]1OCC[C@@H]1NC(=O)C1COc2ccccc21. The molecule has 3 heterocycles. The molecule has 24 heavy (non-hydrogen) atoms. The molecule has 1 aromatic heterocycles. The van der Waals surface area contributed by atoms with E-state index in [0.717, 1.165) is 30.1 Å². The van der Waals surface area contributed by atoms with Crippen LogP contribution in [-0.4, -0.2) is 34.7 Å². The Morgan fingerprint density at radius 2 is 2.29 bits per heavy atom. The van der Waals surface area contributed by atoms with Crippen molar-refractivity contribution in [3.8, 4) is 5.75 Å². The summed E-state index contributed by atoms with van der Waals surface area (Å²) < 4.78 is 13.5. The first-order valence-electron chi connectivity index (χ1n) is 8.42. The van der Waals surface area contributed by atoms with Crippen LogP contribution in [0.15, 0.2) is 36.7 Å². The van der Waals surface area contributed by atoms with Gasteiger partial charge in [0.1, 0.15) is 30.2 Å². The Morgan fingerprint density at radius 3 is 3.17 bits per heavy atom. The molecular formula is C18H21N3O3. The summed E-state index contributed by atoms with van der Waals surface area (Å²) in [5.74, 6) is 1.42. The first-order chi connectivity index (χ1) is 11.8. The van der Waals surface area contributed by atoms with Gasteiger partial charge in [0.05, 0.1) is 6.04 Å². The number of fused-ring (bicyclic) bond motifs is 1. The summed E-state index contributed by atoms with van der Waals surface area (Å²) in [7, 11) is 0. The Hall–Kier alpha value is -2.34. The van der Waals surface area contributed by atoms with Crippen molar-refractivity contribution in [2.24, 2.45) is 0 Å². The lowest BCUT2D eigenvalue weighted by Crippen LogP contribution is -2.40. The third kappa shape index (κ3) is 2.57. The number of aryl methyl sites for hydroxylation is 1. The van der Waals surface area contributed by atoms with Gasteiger partial charge in [0.2, 0.25) is 5.91 Å². The number of para-hydroxylation sites is 1. The molecule has 2 aliphatic heterocycles. The van der Waals surface area contributed by atoms with Gasteiger partial charge in [-0.1, -0.05) is 18.2 Å². The number of hydrogen-bond acceptors (Lipinski definition) is 4. The lowest BCUT2D eigenvalue weighted by atomic mass is 9.99. The van der Waals surface area contributed by atoms with Crippen LogP contribution in [0.3, 0.4) is 0 Å². The maximum absolute atomic E-state index is 12.8. The van der Waals surface area contributed by atoms with Crippen molar-refractivity contribution in [2.45, 2.75) is 38.0 Å². The predicted octanol–water partition coefficient (Wildman–Crippen LogP) is 2.03. The number of aromatic nitrogens is 2. The van der Waals surface area contributed by atoms with Gasteiger partial charge in [0.25, 0.3) is 0 Å². The van der Waals surface area contributed by atoms with Crippen LogP contribution in [0.1, 0.15) is 36.8 Å². The van der Waals surface area contributed by atoms with Crippen molar-refractivity contribution in [2.75, 3.05) is 13.2 Å². The van der Waals surface area contributed by atoms with E-state index in [1.807, 2.05) is 30.5 Å². The van der Waals surface area contributed by atoms with E-state index in [1.54, 1.807) is 6.20 Å². The fraction of sp³-hybridized carbons (Fsp3) is 0.444. The highest BCUT2D eigenvalue weighted by molar-refractivity contribution is 5.85. The molecule has 1 unspecified atom stereocenters. The van der Waals surface area contributed by atoms with Gasteiger partial charge in [-0.25, -0.2) is 4.98 Å². The summed E-state index contributed by atoms with van der Waals surface area (Å²) in [6.07, 6.45) is 4.32. The van der Waals surface area contributed by atoms with Crippen molar-refractivity contribution in [3.05, 3.63) is 48.0 Å². The summed E-state index contributed by atoms with van der Waals surface area (Å²) >= 11 is 0. The second-order valence-corrected chi connectivity index (χ2v) is 6.17. The van der Waals surface area contributed by atoms with Gasteiger partial charge in [-0.05, 0) is 19.4 Å². The van der Waals surface area contributed by atoms with E-state index in [2.05, 4.69) is 21.8 Å². The minimum Gasteiger partial charge on any atom is -0.492 e. The highest BCUT2D eigenvalue weighted by atomic mass is 16.5. The number of hydrogen-bond donors (Lipinski definition) is 1. The first-order valence-corrected chi connectivity index (χ1v) is 8.42. The van der Waals surface area contributed by atoms with Crippen LogP contribution >= 0.6 is 0 Å². The molecule has 2 aromatic rings. The van der Waals surface area contributed by atoms with Gasteiger partial charge >= 0.3 is 0 Å². The smallest absolute Gasteiger partial charge is 0.231 e. The summed E-state index contributed by atoms with van der Waals surface area (Å²) in [6.45, 7) is 3.93. The van der Waals surface area contributed by atoms with Gasteiger partial charge in [0, 0.05) is 31.1 Å². The molecule has 0 spiro atoms. The molecule has 0 aliphatic carbocycles. The zero-order chi connectivity index (χ0) is 16.5.